The molecule has 10 rings (SSSR count). The average molecular weight is 779 g/mol. The Labute approximate surface area is 338 Å². The predicted molar refractivity (Wildman–Crippen MR) is 219 cm³/mol. The molecule has 2 aromatic heterocycles. The number of allylic oxidation sites excluding steroid dienone is 2. The SMILES string of the molecule is CC1C=CC(C(O)CC(=O)CCc2ccc3c(c2)OC2C(C#CC(O)c4ccc5c6c4C(C=CC6CNC5N)c4c[nH]c5cn2cc45)C2(C#CO3)CCCC2)C(O)C1. The number of hydrogen-bond acceptors (Lipinski definition) is 8. The summed E-state index contributed by atoms with van der Waals surface area (Å²) in [5.74, 6) is 10.7. The number of aromatic nitrogens is 2. The van der Waals surface area contributed by atoms with E-state index in [-0.39, 0.29) is 42.5 Å². The monoisotopic (exact) mass is 778 g/mol. The first kappa shape index (κ1) is 37.2. The van der Waals surface area contributed by atoms with Gasteiger partial charge in [0.25, 0.3) is 0 Å². The van der Waals surface area contributed by atoms with Gasteiger partial charge in [0.15, 0.2) is 17.7 Å². The maximum Gasteiger partial charge on any atom is 0.191 e. The zero-order valence-corrected chi connectivity index (χ0v) is 32.7. The number of aryl methyl sites for hydroxylation is 1. The Kier molecular flexibility index (Phi) is 9.39. The molecule has 0 amide bonds. The van der Waals surface area contributed by atoms with Crippen LogP contribution in [0.1, 0.15) is 116 Å². The van der Waals surface area contributed by atoms with E-state index >= 15 is 0 Å². The number of nitrogens with one attached hydrogen (secondary N) is 2. The normalized spacial score (nSPS) is 30.3. The van der Waals surface area contributed by atoms with Gasteiger partial charge in [-0.25, -0.2) is 0 Å². The molecule has 10 unspecified atom stereocenters. The lowest BCUT2D eigenvalue weighted by atomic mass is 9.71. The second-order valence-electron chi connectivity index (χ2n) is 17.4. The molecule has 4 aromatic rings. The van der Waals surface area contributed by atoms with Crippen LogP contribution in [0.5, 0.6) is 11.5 Å². The summed E-state index contributed by atoms with van der Waals surface area (Å²) in [6.45, 7) is 2.76. The fourth-order valence-corrected chi connectivity index (χ4v) is 10.6. The van der Waals surface area contributed by atoms with Crippen molar-refractivity contribution in [1.29, 1.82) is 0 Å². The molecule has 3 aliphatic carbocycles. The maximum absolute atomic E-state index is 13.2. The van der Waals surface area contributed by atoms with E-state index in [2.05, 4.69) is 69.5 Å². The van der Waals surface area contributed by atoms with Crippen molar-refractivity contribution >= 4 is 16.7 Å². The van der Waals surface area contributed by atoms with E-state index < -0.39 is 41.8 Å². The number of Topliss-reactive ketones (excluding diaryl/α,β-unsaturated/α-hetero) is 1. The van der Waals surface area contributed by atoms with E-state index in [0.717, 1.165) is 70.9 Å². The summed E-state index contributed by atoms with van der Waals surface area (Å²) < 4.78 is 15.4. The van der Waals surface area contributed by atoms with Gasteiger partial charge in [0.2, 0.25) is 0 Å². The van der Waals surface area contributed by atoms with Crippen LogP contribution in [0.4, 0.5) is 0 Å². The number of aliphatic hydroxyl groups excluding tert-OH is 3. The summed E-state index contributed by atoms with van der Waals surface area (Å²) in [5.41, 5.74) is 13.1. The van der Waals surface area contributed by atoms with E-state index in [4.69, 9.17) is 15.2 Å². The van der Waals surface area contributed by atoms with Crippen LogP contribution in [-0.2, 0) is 11.2 Å². The molecule has 2 bridgehead atoms. The number of hydrogen-bond donors (Lipinski definition) is 6. The fraction of sp³-hybridized carbons (Fsp3) is 0.438. The Balaban J connectivity index is 1.02. The molecular formula is C48H50N4O6. The van der Waals surface area contributed by atoms with Crippen molar-refractivity contribution in [2.45, 2.75) is 101 Å². The van der Waals surface area contributed by atoms with Crippen LogP contribution in [0, 0.1) is 47.0 Å². The van der Waals surface area contributed by atoms with Crippen molar-refractivity contribution in [3.05, 3.63) is 107 Å². The molecule has 10 atom stereocenters. The molecule has 2 aromatic carbocycles. The highest BCUT2D eigenvalue weighted by molar-refractivity contribution is 5.85. The van der Waals surface area contributed by atoms with Gasteiger partial charge in [-0.3, -0.25) is 10.1 Å². The van der Waals surface area contributed by atoms with Crippen LogP contribution in [0.25, 0.3) is 10.9 Å². The van der Waals surface area contributed by atoms with Gasteiger partial charge in [0, 0.05) is 61.1 Å². The van der Waals surface area contributed by atoms with Gasteiger partial charge in [-0.05, 0) is 77.1 Å². The van der Waals surface area contributed by atoms with Crippen LogP contribution >= 0.6 is 0 Å². The van der Waals surface area contributed by atoms with Crippen LogP contribution < -0.4 is 20.5 Å². The highest BCUT2D eigenvalue weighted by Crippen LogP contribution is 2.52. The second kappa shape index (κ2) is 14.6. The van der Waals surface area contributed by atoms with Crippen molar-refractivity contribution in [2.24, 2.45) is 28.9 Å². The number of fused-ring (bicyclic) bond motifs is 6. The molecule has 298 valence electrons. The van der Waals surface area contributed by atoms with Crippen LogP contribution in [0.2, 0.25) is 0 Å². The lowest BCUT2D eigenvalue weighted by molar-refractivity contribution is -0.122. The molecule has 1 spiro atoms. The Morgan fingerprint density at radius 2 is 1.86 bits per heavy atom. The Bertz CT molecular complexity index is 2470. The molecule has 6 aliphatic rings. The summed E-state index contributed by atoms with van der Waals surface area (Å²) in [6, 6.07) is 9.73. The minimum absolute atomic E-state index is 0.0192. The number of carbonyl (C=O) groups is 1. The van der Waals surface area contributed by atoms with Gasteiger partial charge in [-0.2, -0.15) is 0 Å². The van der Waals surface area contributed by atoms with Crippen molar-refractivity contribution in [3.63, 3.8) is 0 Å². The van der Waals surface area contributed by atoms with Crippen molar-refractivity contribution < 1.29 is 29.6 Å². The number of ketones is 1. The number of H-pyrrole nitrogens is 1. The molecule has 5 heterocycles. The number of nitrogens with zero attached hydrogens (tertiary/aromatic N) is 1. The van der Waals surface area contributed by atoms with Crippen LogP contribution in [0.3, 0.4) is 0 Å². The minimum atomic E-state index is -1.06. The fourth-order valence-electron chi connectivity index (χ4n) is 10.6. The third-order valence-electron chi connectivity index (χ3n) is 13.7. The van der Waals surface area contributed by atoms with E-state index in [1.807, 2.05) is 49.4 Å². The maximum atomic E-state index is 13.2. The molecule has 3 aliphatic heterocycles. The van der Waals surface area contributed by atoms with Gasteiger partial charge in [-0.1, -0.05) is 80.0 Å². The Hall–Kier alpha value is -5.07. The number of ether oxygens (including phenoxy) is 2. The molecule has 7 N–H and O–H groups in total. The largest absolute Gasteiger partial charge is 0.465 e. The van der Waals surface area contributed by atoms with E-state index in [0.29, 0.717) is 24.3 Å². The third-order valence-corrected chi connectivity index (χ3v) is 13.7. The lowest BCUT2D eigenvalue weighted by Gasteiger charge is -2.37. The molecular weight excluding hydrogens is 729 g/mol. The molecule has 10 nitrogen and oxygen atoms in total. The average Bonchev–Trinajstić information content (AvgIpc) is 3.96. The highest BCUT2D eigenvalue weighted by atomic mass is 16.5. The van der Waals surface area contributed by atoms with Crippen molar-refractivity contribution in [3.8, 4) is 35.4 Å². The quantitative estimate of drug-likeness (QED) is 0.0986. The summed E-state index contributed by atoms with van der Waals surface area (Å²) in [5, 5.41) is 38.0. The molecule has 58 heavy (non-hydrogen) atoms. The number of aromatic amines is 1. The van der Waals surface area contributed by atoms with Gasteiger partial charge >= 0.3 is 0 Å². The summed E-state index contributed by atoms with van der Waals surface area (Å²) in [7, 11) is 0. The van der Waals surface area contributed by atoms with Crippen LogP contribution in [0.15, 0.2) is 73.2 Å². The summed E-state index contributed by atoms with van der Waals surface area (Å²) >= 11 is 0. The zero-order chi connectivity index (χ0) is 39.7. The summed E-state index contributed by atoms with van der Waals surface area (Å²) in [6.07, 6.45) is 19.0. The Morgan fingerprint density at radius 3 is 2.71 bits per heavy atom. The van der Waals surface area contributed by atoms with E-state index in [1.54, 1.807) is 0 Å². The van der Waals surface area contributed by atoms with E-state index in [1.165, 1.54) is 5.56 Å². The van der Waals surface area contributed by atoms with Crippen molar-refractivity contribution in [1.82, 2.24) is 14.9 Å². The third kappa shape index (κ3) is 6.39. The smallest absolute Gasteiger partial charge is 0.191 e. The number of benzene rings is 2. The number of carbonyl (C=O) groups excluding carboxylic acids is 1. The topological polar surface area (TPSA) is 155 Å². The molecule has 1 fully saturated rings. The first-order chi connectivity index (χ1) is 28.2. The standard InChI is InChI=1S/C48H50N4O6/c1-27-4-9-32(40(55)20-27)41(56)22-30(53)8-5-28-6-15-42-43(21-28)58-47-37(48(18-19-57-42)16-2-3-17-48)13-14-39(54)33-11-12-34-44-29(23-51-46(34)49)7-10-31(45(33)44)35-24-50-38-26-52(47)25-36(35)38/h4,6-7,9-12,15,21,24-27,29,31-32,37,39-41,46-47,50-51,54-56H,2-3,5,8,16-17,20,22-23,49H2,1H3. The van der Waals surface area contributed by atoms with Crippen molar-refractivity contribution in [2.75, 3.05) is 6.54 Å². The predicted octanol–water partition coefficient (Wildman–Crippen LogP) is 6.30. The van der Waals surface area contributed by atoms with Gasteiger partial charge in [0.1, 0.15) is 18.0 Å². The minimum Gasteiger partial charge on any atom is -0.465 e. The zero-order valence-electron chi connectivity index (χ0n) is 32.7. The van der Waals surface area contributed by atoms with Gasteiger partial charge in [0.05, 0.1) is 35.2 Å². The molecule has 0 radical (unpaired) electrons. The summed E-state index contributed by atoms with van der Waals surface area (Å²) in [4.78, 5) is 16.7. The lowest BCUT2D eigenvalue weighted by Crippen LogP contribution is -2.39. The first-order valence-electron chi connectivity index (χ1n) is 20.9. The number of aliphatic hydroxyl groups is 3. The Morgan fingerprint density at radius 1 is 1.02 bits per heavy atom. The molecule has 10 heteroatoms. The van der Waals surface area contributed by atoms with Gasteiger partial charge < -0.3 is 40.1 Å². The number of nitrogens with two attached hydrogens (primary N) is 1. The molecule has 0 saturated heterocycles. The highest BCUT2D eigenvalue weighted by Gasteiger charge is 2.47. The molecule has 1 saturated carbocycles. The second-order valence-corrected chi connectivity index (χ2v) is 17.4. The van der Waals surface area contributed by atoms with Gasteiger partial charge in [-0.15, -0.1) is 0 Å². The first-order valence-corrected chi connectivity index (χ1v) is 20.9. The number of rotatable bonds is 6. The van der Waals surface area contributed by atoms with E-state index in [9.17, 15) is 20.1 Å². The van der Waals surface area contributed by atoms with Crippen LogP contribution in [-0.4, -0.2) is 49.4 Å².